The first-order chi connectivity index (χ1) is 14.1. The number of aromatic nitrogens is 1. The van der Waals surface area contributed by atoms with Crippen LogP contribution in [0.2, 0.25) is 0 Å². The van der Waals surface area contributed by atoms with E-state index in [4.69, 9.17) is 21.4 Å². The molecule has 0 spiro atoms. The van der Waals surface area contributed by atoms with Crippen molar-refractivity contribution in [1.29, 1.82) is 0 Å². The van der Waals surface area contributed by atoms with Gasteiger partial charge in [0, 0.05) is 5.69 Å². The zero-order chi connectivity index (χ0) is 20.4. The summed E-state index contributed by atoms with van der Waals surface area (Å²) >= 11 is 6.89. The summed E-state index contributed by atoms with van der Waals surface area (Å²) < 4.78 is 11.8. The van der Waals surface area contributed by atoms with Crippen molar-refractivity contribution < 1.29 is 13.9 Å². The molecule has 0 amide bonds. The summed E-state index contributed by atoms with van der Waals surface area (Å²) in [5, 5.41) is 7.13. The van der Waals surface area contributed by atoms with Gasteiger partial charge in [-0.15, -0.1) is 11.3 Å². The molecule has 6 nitrogen and oxygen atoms in total. The third-order valence-corrected chi connectivity index (χ3v) is 5.50. The fourth-order valence-electron chi connectivity index (χ4n) is 2.95. The first-order valence-corrected chi connectivity index (χ1v) is 10.00. The average Bonchev–Trinajstić information content (AvgIpc) is 3.28. The van der Waals surface area contributed by atoms with Crippen LogP contribution in [0.25, 0.3) is 20.8 Å². The summed E-state index contributed by atoms with van der Waals surface area (Å²) in [4.78, 5) is 17.1. The Morgan fingerprint density at radius 2 is 1.83 bits per heavy atom. The van der Waals surface area contributed by atoms with Gasteiger partial charge in [0.1, 0.15) is 16.3 Å². The van der Waals surface area contributed by atoms with Gasteiger partial charge in [0.2, 0.25) is 5.88 Å². The minimum atomic E-state index is -0.490. The molecule has 0 fully saturated rings. The summed E-state index contributed by atoms with van der Waals surface area (Å²) in [5.41, 5.74) is 2.55. The van der Waals surface area contributed by atoms with Crippen LogP contribution < -0.4 is 10.6 Å². The fraction of sp³-hybridized carbons (Fsp3) is 0.0952. The van der Waals surface area contributed by atoms with Crippen molar-refractivity contribution in [3.05, 3.63) is 65.9 Å². The third kappa shape index (κ3) is 3.85. The van der Waals surface area contributed by atoms with Crippen LogP contribution in [0.4, 0.5) is 11.6 Å². The number of benzene rings is 2. The van der Waals surface area contributed by atoms with Crippen molar-refractivity contribution in [3.63, 3.8) is 0 Å². The van der Waals surface area contributed by atoms with Gasteiger partial charge in [-0.2, -0.15) is 0 Å². The highest BCUT2D eigenvalue weighted by atomic mass is 32.1. The van der Waals surface area contributed by atoms with Crippen molar-refractivity contribution in [1.82, 2.24) is 4.98 Å². The van der Waals surface area contributed by atoms with Gasteiger partial charge in [0.05, 0.1) is 22.9 Å². The monoisotopic (exact) mass is 423 g/mol. The number of esters is 1. The fourth-order valence-corrected chi connectivity index (χ4v) is 4.18. The van der Waals surface area contributed by atoms with Gasteiger partial charge in [-0.05, 0) is 43.4 Å². The lowest BCUT2D eigenvalue weighted by atomic mass is 10.1. The number of fused-ring (bicyclic) bond motifs is 1. The van der Waals surface area contributed by atoms with E-state index in [0.717, 1.165) is 15.9 Å². The second-order valence-electron chi connectivity index (χ2n) is 6.16. The van der Waals surface area contributed by atoms with E-state index in [1.807, 2.05) is 54.6 Å². The standard InChI is InChI=1S/C21H17N3O3S2/c1-12-16(20(25)26-2)17(19-23-14-10-6-7-11-15(14)29-19)18(27-12)24-21(28)22-13-8-4-3-5-9-13/h3-11H,1-2H3,(H2,22,24,28). The molecule has 146 valence electrons. The summed E-state index contributed by atoms with van der Waals surface area (Å²) in [6.45, 7) is 1.71. The van der Waals surface area contributed by atoms with Gasteiger partial charge in [-0.3, -0.25) is 0 Å². The van der Waals surface area contributed by atoms with E-state index in [-0.39, 0.29) is 0 Å². The molecule has 0 bridgehead atoms. The SMILES string of the molecule is COC(=O)c1c(C)oc(NC(=S)Nc2ccccc2)c1-c1nc2ccccc2s1. The van der Waals surface area contributed by atoms with E-state index in [2.05, 4.69) is 15.6 Å². The van der Waals surface area contributed by atoms with E-state index in [9.17, 15) is 4.79 Å². The van der Waals surface area contributed by atoms with Crippen LogP contribution in [-0.4, -0.2) is 23.2 Å². The summed E-state index contributed by atoms with van der Waals surface area (Å²) in [6.07, 6.45) is 0. The molecular formula is C21H17N3O3S2. The largest absolute Gasteiger partial charge is 0.465 e. The molecule has 2 aromatic carbocycles. The number of thiazole rings is 1. The number of thiocarbonyl (C=S) groups is 1. The van der Waals surface area contributed by atoms with Crippen molar-refractivity contribution in [3.8, 4) is 10.6 Å². The normalized spacial score (nSPS) is 10.7. The Bertz CT molecular complexity index is 1170. The Morgan fingerprint density at radius 3 is 2.55 bits per heavy atom. The van der Waals surface area contributed by atoms with Crippen LogP contribution in [0.1, 0.15) is 16.1 Å². The lowest BCUT2D eigenvalue weighted by Crippen LogP contribution is -2.19. The first kappa shape index (κ1) is 19.1. The van der Waals surface area contributed by atoms with E-state index >= 15 is 0 Å². The number of para-hydroxylation sites is 2. The smallest absolute Gasteiger partial charge is 0.342 e. The quantitative estimate of drug-likeness (QED) is 0.333. The maximum Gasteiger partial charge on any atom is 0.342 e. The van der Waals surface area contributed by atoms with Crippen molar-refractivity contribution in [2.45, 2.75) is 6.92 Å². The number of methoxy groups -OCH3 is 1. The predicted molar refractivity (Wildman–Crippen MR) is 120 cm³/mol. The highest BCUT2D eigenvalue weighted by molar-refractivity contribution is 7.80. The number of carbonyl (C=O) groups excluding carboxylic acids is 1. The Kier molecular flexibility index (Phi) is 5.28. The van der Waals surface area contributed by atoms with Crippen LogP contribution >= 0.6 is 23.6 Å². The first-order valence-electron chi connectivity index (χ1n) is 8.77. The lowest BCUT2D eigenvalue weighted by molar-refractivity contribution is 0.0599. The summed E-state index contributed by atoms with van der Waals surface area (Å²) in [6, 6.07) is 17.3. The molecule has 0 saturated carbocycles. The van der Waals surface area contributed by atoms with Gasteiger partial charge in [0.15, 0.2) is 5.11 Å². The molecule has 4 aromatic rings. The molecule has 0 aliphatic heterocycles. The minimum absolute atomic E-state index is 0.330. The van der Waals surface area contributed by atoms with E-state index < -0.39 is 5.97 Å². The Morgan fingerprint density at radius 1 is 1.10 bits per heavy atom. The van der Waals surface area contributed by atoms with Crippen LogP contribution in [0, 0.1) is 6.92 Å². The number of anilines is 2. The number of furan rings is 1. The molecule has 0 radical (unpaired) electrons. The third-order valence-electron chi connectivity index (χ3n) is 4.24. The molecule has 0 atom stereocenters. The highest BCUT2D eigenvalue weighted by Crippen LogP contribution is 2.40. The van der Waals surface area contributed by atoms with Crippen LogP contribution in [0.5, 0.6) is 0 Å². The van der Waals surface area contributed by atoms with Crippen LogP contribution in [-0.2, 0) is 4.74 Å². The topological polar surface area (TPSA) is 76.4 Å². The zero-order valence-electron chi connectivity index (χ0n) is 15.7. The molecule has 2 N–H and O–H groups in total. The van der Waals surface area contributed by atoms with Crippen molar-refractivity contribution in [2.24, 2.45) is 0 Å². The van der Waals surface area contributed by atoms with Gasteiger partial charge < -0.3 is 19.8 Å². The molecule has 0 saturated heterocycles. The predicted octanol–water partition coefficient (Wildman–Crippen LogP) is 5.46. The van der Waals surface area contributed by atoms with Crippen molar-refractivity contribution in [2.75, 3.05) is 17.7 Å². The highest BCUT2D eigenvalue weighted by Gasteiger charge is 2.28. The maximum atomic E-state index is 12.5. The number of hydrogen-bond donors (Lipinski definition) is 2. The molecule has 2 aromatic heterocycles. The van der Waals surface area contributed by atoms with Crippen molar-refractivity contribution >= 4 is 56.4 Å². The van der Waals surface area contributed by atoms with Gasteiger partial charge in [-0.25, -0.2) is 9.78 Å². The Labute approximate surface area is 176 Å². The number of ether oxygens (including phenoxy) is 1. The lowest BCUT2D eigenvalue weighted by Gasteiger charge is -2.09. The second kappa shape index (κ2) is 8.02. The summed E-state index contributed by atoms with van der Waals surface area (Å²) in [7, 11) is 1.34. The molecule has 8 heteroatoms. The van der Waals surface area contributed by atoms with E-state index in [1.165, 1.54) is 18.4 Å². The Balaban J connectivity index is 1.75. The van der Waals surface area contributed by atoms with Crippen LogP contribution in [0.15, 0.2) is 59.0 Å². The molecule has 29 heavy (non-hydrogen) atoms. The van der Waals surface area contributed by atoms with Gasteiger partial charge in [0.25, 0.3) is 0 Å². The van der Waals surface area contributed by atoms with Gasteiger partial charge in [-0.1, -0.05) is 30.3 Å². The van der Waals surface area contributed by atoms with E-state index in [0.29, 0.717) is 32.9 Å². The zero-order valence-corrected chi connectivity index (χ0v) is 17.3. The number of hydrogen-bond acceptors (Lipinski definition) is 6. The number of rotatable bonds is 4. The second-order valence-corrected chi connectivity index (χ2v) is 7.60. The van der Waals surface area contributed by atoms with E-state index in [1.54, 1.807) is 6.92 Å². The maximum absolute atomic E-state index is 12.5. The number of nitrogens with zero attached hydrogens (tertiary/aromatic N) is 1. The molecule has 0 unspecified atom stereocenters. The number of nitrogens with one attached hydrogen (secondary N) is 2. The minimum Gasteiger partial charge on any atom is -0.465 e. The molecular weight excluding hydrogens is 406 g/mol. The molecule has 2 heterocycles. The average molecular weight is 424 g/mol. The van der Waals surface area contributed by atoms with Crippen LogP contribution in [0.3, 0.4) is 0 Å². The molecule has 4 rings (SSSR count). The Hall–Kier alpha value is -3.23. The van der Waals surface area contributed by atoms with Gasteiger partial charge >= 0.3 is 5.97 Å². The summed E-state index contributed by atoms with van der Waals surface area (Å²) in [5.74, 6) is 0.280. The number of aryl methyl sites for hydroxylation is 1. The molecule has 0 aliphatic rings. The number of carbonyl (C=O) groups is 1. The molecule has 0 aliphatic carbocycles.